The van der Waals surface area contributed by atoms with Gasteiger partial charge < -0.3 is 9.63 Å². The summed E-state index contributed by atoms with van der Waals surface area (Å²) in [7, 11) is 0. The Morgan fingerprint density at radius 1 is 1.28 bits per heavy atom. The molecule has 0 saturated carbocycles. The summed E-state index contributed by atoms with van der Waals surface area (Å²) in [5, 5.41) is 12.4. The average molecular weight is 245 g/mol. The van der Waals surface area contributed by atoms with Crippen LogP contribution in [0.2, 0.25) is 0 Å². The molecular weight excluding hydrogens is 230 g/mol. The molecule has 0 saturated heterocycles. The second kappa shape index (κ2) is 5.04. The van der Waals surface area contributed by atoms with Crippen molar-refractivity contribution in [3.8, 4) is 0 Å². The molecule has 0 bridgehead atoms. The second-order valence-corrected chi connectivity index (χ2v) is 4.55. The van der Waals surface area contributed by atoms with E-state index in [4.69, 9.17) is 9.63 Å². The van der Waals surface area contributed by atoms with E-state index < -0.39 is 5.97 Å². The van der Waals surface area contributed by atoms with Crippen LogP contribution in [0.4, 0.5) is 0 Å². The molecule has 2 aromatic rings. The minimum absolute atomic E-state index is 0.0202. The van der Waals surface area contributed by atoms with Gasteiger partial charge in [-0.15, -0.1) is 0 Å². The van der Waals surface area contributed by atoms with Gasteiger partial charge in [-0.1, -0.05) is 49.3 Å². The largest absolute Gasteiger partial charge is 0.476 e. The summed E-state index contributed by atoms with van der Waals surface area (Å²) in [6.07, 6.45) is 0. The van der Waals surface area contributed by atoms with Crippen LogP contribution in [0.15, 0.2) is 40.9 Å². The van der Waals surface area contributed by atoms with Crippen molar-refractivity contribution in [1.29, 1.82) is 0 Å². The van der Waals surface area contributed by atoms with Crippen molar-refractivity contribution in [2.75, 3.05) is 0 Å². The maximum absolute atomic E-state index is 10.8. The van der Waals surface area contributed by atoms with Crippen LogP contribution >= 0.6 is 0 Å². The molecule has 0 aliphatic rings. The fourth-order valence-corrected chi connectivity index (χ4v) is 2.07. The first kappa shape index (κ1) is 12.4. The van der Waals surface area contributed by atoms with Crippen molar-refractivity contribution in [1.82, 2.24) is 5.16 Å². The first-order valence-corrected chi connectivity index (χ1v) is 5.84. The van der Waals surface area contributed by atoms with Crippen LogP contribution < -0.4 is 0 Å². The summed E-state index contributed by atoms with van der Waals surface area (Å²) in [5.74, 6) is -0.164. The van der Waals surface area contributed by atoms with Gasteiger partial charge in [-0.25, -0.2) is 4.79 Å². The fourth-order valence-electron chi connectivity index (χ4n) is 2.07. The molecule has 94 valence electrons. The number of nitrogens with zero attached hydrogens (tertiary/aromatic N) is 1. The topological polar surface area (TPSA) is 63.3 Å². The van der Waals surface area contributed by atoms with Crippen LogP contribution in [0.1, 0.15) is 41.6 Å². The number of aromatic nitrogens is 1. The van der Waals surface area contributed by atoms with Crippen LogP contribution in [0.25, 0.3) is 0 Å². The zero-order chi connectivity index (χ0) is 13.1. The minimum Gasteiger partial charge on any atom is -0.476 e. The summed E-state index contributed by atoms with van der Waals surface area (Å²) >= 11 is 0. The van der Waals surface area contributed by atoms with Gasteiger partial charge in [0, 0.05) is 12.0 Å². The number of hydrogen-bond donors (Lipinski definition) is 1. The third-order valence-electron chi connectivity index (χ3n) is 2.88. The fraction of sp³-hybridized carbons (Fsp3) is 0.286. The molecule has 4 nitrogen and oxygen atoms in total. The average Bonchev–Trinajstić information content (AvgIpc) is 2.79. The third-order valence-corrected chi connectivity index (χ3v) is 2.88. The van der Waals surface area contributed by atoms with E-state index in [1.807, 2.05) is 30.3 Å². The van der Waals surface area contributed by atoms with Crippen molar-refractivity contribution in [2.24, 2.45) is 5.92 Å². The van der Waals surface area contributed by atoms with Gasteiger partial charge in [0.2, 0.25) is 0 Å². The third kappa shape index (κ3) is 2.42. The Hall–Kier alpha value is -2.10. The summed E-state index contributed by atoms with van der Waals surface area (Å²) in [6, 6.07) is 11.4. The molecular formula is C14H15NO3. The number of hydrogen-bond acceptors (Lipinski definition) is 3. The monoisotopic (exact) mass is 245 g/mol. The van der Waals surface area contributed by atoms with Crippen LogP contribution in [-0.4, -0.2) is 16.2 Å². The van der Waals surface area contributed by atoms with E-state index in [-0.39, 0.29) is 11.6 Å². The Morgan fingerprint density at radius 2 is 1.94 bits per heavy atom. The van der Waals surface area contributed by atoms with E-state index in [1.54, 1.807) is 0 Å². The maximum Gasteiger partial charge on any atom is 0.358 e. The van der Waals surface area contributed by atoms with Crippen LogP contribution in [0.5, 0.6) is 0 Å². The van der Waals surface area contributed by atoms with Crippen molar-refractivity contribution < 1.29 is 14.4 Å². The zero-order valence-electron chi connectivity index (χ0n) is 10.3. The molecule has 2 rings (SSSR count). The molecule has 0 radical (unpaired) electrons. The van der Waals surface area contributed by atoms with Crippen molar-refractivity contribution in [2.45, 2.75) is 19.8 Å². The Bertz CT molecular complexity index is 531. The summed E-state index contributed by atoms with van der Waals surface area (Å²) in [5.41, 5.74) is 1.05. The van der Waals surface area contributed by atoms with E-state index in [1.165, 1.54) is 6.07 Å². The quantitative estimate of drug-likeness (QED) is 0.898. The molecule has 1 unspecified atom stereocenters. The second-order valence-electron chi connectivity index (χ2n) is 4.55. The SMILES string of the molecule is CC(C)C(c1ccccc1)c1cc(C(=O)O)no1. The normalized spacial score (nSPS) is 12.6. The van der Waals surface area contributed by atoms with Gasteiger partial charge >= 0.3 is 5.97 Å². The lowest BCUT2D eigenvalue weighted by molar-refractivity contribution is 0.0685. The summed E-state index contributed by atoms with van der Waals surface area (Å²) in [4.78, 5) is 10.8. The van der Waals surface area contributed by atoms with E-state index >= 15 is 0 Å². The molecule has 18 heavy (non-hydrogen) atoms. The predicted octanol–water partition coefficient (Wildman–Crippen LogP) is 3.16. The first-order chi connectivity index (χ1) is 8.59. The highest BCUT2D eigenvalue weighted by Crippen LogP contribution is 2.32. The van der Waals surface area contributed by atoms with Gasteiger partial charge in [0.1, 0.15) is 5.76 Å². The van der Waals surface area contributed by atoms with E-state index in [9.17, 15) is 4.79 Å². The van der Waals surface area contributed by atoms with E-state index in [0.29, 0.717) is 11.7 Å². The molecule has 1 atom stereocenters. The standard InChI is InChI=1S/C14H15NO3/c1-9(2)13(10-6-4-3-5-7-10)12-8-11(14(16)17)15-18-12/h3-9,13H,1-2H3,(H,16,17). The number of carbonyl (C=O) groups is 1. The number of rotatable bonds is 4. The highest BCUT2D eigenvalue weighted by Gasteiger charge is 2.23. The molecule has 1 aromatic carbocycles. The van der Waals surface area contributed by atoms with Gasteiger partial charge in [0.05, 0.1) is 0 Å². The highest BCUT2D eigenvalue weighted by molar-refractivity contribution is 5.85. The van der Waals surface area contributed by atoms with Gasteiger partial charge in [0.15, 0.2) is 5.69 Å². The maximum atomic E-state index is 10.8. The molecule has 1 heterocycles. The Balaban J connectivity index is 2.39. The summed E-state index contributed by atoms with van der Waals surface area (Å²) in [6.45, 7) is 4.14. The molecule has 0 aliphatic heterocycles. The molecule has 4 heteroatoms. The zero-order valence-corrected chi connectivity index (χ0v) is 10.3. The molecule has 0 spiro atoms. The lowest BCUT2D eigenvalue weighted by Crippen LogP contribution is -2.07. The highest BCUT2D eigenvalue weighted by atomic mass is 16.5. The van der Waals surface area contributed by atoms with Gasteiger partial charge in [-0.2, -0.15) is 0 Å². The molecule has 0 fully saturated rings. The van der Waals surface area contributed by atoms with Crippen molar-refractivity contribution in [3.05, 3.63) is 53.4 Å². The van der Waals surface area contributed by atoms with Gasteiger partial charge in [-0.3, -0.25) is 0 Å². The van der Waals surface area contributed by atoms with Crippen LogP contribution in [-0.2, 0) is 0 Å². The minimum atomic E-state index is -1.07. The number of carboxylic acid groups (broad SMARTS) is 1. The Labute approximate surface area is 105 Å². The van der Waals surface area contributed by atoms with E-state index in [2.05, 4.69) is 19.0 Å². The number of aromatic carboxylic acids is 1. The molecule has 1 N–H and O–H groups in total. The summed E-state index contributed by atoms with van der Waals surface area (Å²) < 4.78 is 5.17. The van der Waals surface area contributed by atoms with Crippen molar-refractivity contribution in [3.63, 3.8) is 0 Å². The predicted molar refractivity (Wildman–Crippen MR) is 66.6 cm³/mol. The molecule has 0 amide bonds. The number of benzene rings is 1. The lowest BCUT2D eigenvalue weighted by Gasteiger charge is -2.17. The van der Waals surface area contributed by atoms with Crippen LogP contribution in [0.3, 0.4) is 0 Å². The van der Waals surface area contributed by atoms with Crippen LogP contribution in [0, 0.1) is 5.92 Å². The van der Waals surface area contributed by atoms with Crippen molar-refractivity contribution >= 4 is 5.97 Å². The molecule has 1 aromatic heterocycles. The smallest absolute Gasteiger partial charge is 0.358 e. The van der Waals surface area contributed by atoms with E-state index in [0.717, 1.165) is 5.56 Å². The first-order valence-electron chi connectivity index (χ1n) is 5.84. The van der Waals surface area contributed by atoms with Gasteiger partial charge in [0.25, 0.3) is 0 Å². The Kier molecular flexibility index (Phi) is 3.46. The Morgan fingerprint density at radius 3 is 2.44 bits per heavy atom. The van der Waals surface area contributed by atoms with Gasteiger partial charge in [-0.05, 0) is 11.5 Å². The molecule has 0 aliphatic carbocycles. The lowest BCUT2D eigenvalue weighted by atomic mass is 9.86. The number of carboxylic acids is 1.